The van der Waals surface area contributed by atoms with Gasteiger partial charge in [-0.25, -0.2) is 9.97 Å². The minimum atomic E-state index is -0.384. The van der Waals surface area contributed by atoms with Crippen molar-refractivity contribution < 1.29 is 13.3 Å². The highest BCUT2D eigenvalue weighted by Crippen LogP contribution is 2.64. The average molecular weight is 819 g/mol. The van der Waals surface area contributed by atoms with E-state index in [9.17, 15) is 0 Å². The summed E-state index contributed by atoms with van der Waals surface area (Å²) in [6.45, 7) is 0. The molecule has 1 unspecified atom stereocenters. The predicted molar refractivity (Wildman–Crippen MR) is 257 cm³/mol. The molecule has 0 bridgehead atoms. The molecule has 3 aliphatic rings. The van der Waals surface area contributed by atoms with Crippen molar-refractivity contribution in [3.8, 4) is 44.9 Å². The van der Waals surface area contributed by atoms with Crippen LogP contribution in [-0.4, -0.2) is 9.97 Å². The van der Waals surface area contributed by atoms with Crippen LogP contribution < -0.4 is 0 Å². The van der Waals surface area contributed by atoms with Gasteiger partial charge in [-0.2, -0.15) is 0 Å². The third-order valence-electron chi connectivity index (χ3n) is 14.2. The standard InChI is InChI=1S/C59H34N2O3/c1-6-22-43-35(14-1)36-15-2-7-23-44(36)59(43)45-24-8-3-16-37(45)52-34(19-11-25-46(52)59)33-30-31-49-42(32-33)56-57(64-49)55(40-20-12-28-50-53(40)38-17-4-9-26-47(38)62-50)60-58(61-56)41-21-13-29-51-54(41)39-18-5-10-27-48(39)63-51/h1,3-14,16-32H,2,15H2. The second-order valence-corrected chi connectivity index (χ2v) is 17.3. The van der Waals surface area contributed by atoms with Gasteiger partial charge in [-0.3, -0.25) is 0 Å². The van der Waals surface area contributed by atoms with Gasteiger partial charge < -0.3 is 13.3 Å². The van der Waals surface area contributed by atoms with Crippen LogP contribution >= 0.6 is 0 Å². The molecule has 4 aromatic heterocycles. The lowest BCUT2D eigenvalue weighted by Crippen LogP contribution is -2.27. The van der Waals surface area contributed by atoms with Gasteiger partial charge in [-0.1, -0.05) is 146 Å². The summed E-state index contributed by atoms with van der Waals surface area (Å²) >= 11 is 0. The van der Waals surface area contributed by atoms with Crippen molar-refractivity contribution in [1.82, 2.24) is 9.97 Å². The number of aromatic nitrogens is 2. The van der Waals surface area contributed by atoms with Crippen LogP contribution in [0.15, 0.2) is 201 Å². The summed E-state index contributed by atoms with van der Waals surface area (Å²) in [5.74, 6) is 0.596. The van der Waals surface area contributed by atoms with Crippen molar-refractivity contribution in [2.24, 2.45) is 0 Å². The summed E-state index contributed by atoms with van der Waals surface area (Å²) in [7, 11) is 0. The molecule has 0 radical (unpaired) electrons. The molecular formula is C59H34N2O3. The van der Waals surface area contributed by atoms with Gasteiger partial charge >= 0.3 is 0 Å². The largest absolute Gasteiger partial charge is 0.456 e. The van der Waals surface area contributed by atoms with Crippen molar-refractivity contribution in [3.05, 3.63) is 210 Å². The number of nitrogens with zero attached hydrogens (tertiary/aromatic N) is 2. The molecule has 5 heteroatoms. The molecule has 5 nitrogen and oxygen atoms in total. The Labute approximate surface area is 366 Å². The van der Waals surface area contributed by atoms with E-state index in [1.807, 2.05) is 54.6 Å². The van der Waals surface area contributed by atoms with Crippen molar-refractivity contribution >= 4 is 71.5 Å². The summed E-state index contributed by atoms with van der Waals surface area (Å²) < 4.78 is 19.7. The van der Waals surface area contributed by atoms with Gasteiger partial charge in [0.05, 0.1) is 5.41 Å². The monoisotopic (exact) mass is 818 g/mol. The summed E-state index contributed by atoms with van der Waals surface area (Å²) in [5, 5.41) is 4.94. The first-order valence-corrected chi connectivity index (χ1v) is 22.0. The van der Waals surface area contributed by atoms with Crippen LogP contribution in [0.3, 0.4) is 0 Å². The maximum absolute atomic E-state index is 6.94. The van der Waals surface area contributed by atoms with Gasteiger partial charge in [0, 0.05) is 38.1 Å². The Morgan fingerprint density at radius 2 is 1.05 bits per heavy atom. The first kappa shape index (κ1) is 34.3. The van der Waals surface area contributed by atoms with E-state index in [0.29, 0.717) is 17.1 Å². The number of para-hydroxylation sites is 2. The highest BCUT2D eigenvalue weighted by molar-refractivity contribution is 6.17. The van der Waals surface area contributed by atoms with Crippen LogP contribution in [0.1, 0.15) is 35.1 Å². The van der Waals surface area contributed by atoms with Crippen LogP contribution in [0.25, 0.3) is 116 Å². The van der Waals surface area contributed by atoms with Gasteiger partial charge in [0.15, 0.2) is 11.4 Å². The van der Waals surface area contributed by atoms with E-state index in [0.717, 1.165) is 89.9 Å². The van der Waals surface area contributed by atoms with Gasteiger partial charge in [-0.15, -0.1) is 0 Å². The Morgan fingerprint density at radius 3 is 1.84 bits per heavy atom. The number of rotatable bonds is 3. The van der Waals surface area contributed by atoms with E-state index in [1.165, 1.54) is 50.1 Å². The van der Waals surface area contributed by atoms with E-state index in [2.05, 4.69) is 127 Å². The third-order valence-corrected chi connectivity index (χ3v) is 14.2. The first-order chi connectivity index (χ1) is 31.7. The summed E-state index contributed by atoms with van der Waals surface area (Å²) in [4.78, 5) is 10.9. The van der Waals surface area contributed by atoms with Gasteiger partial charge in [0.25, 0.3) is 0 Å². The van der Waals surface area contributed by atoms with Crippen LogP contribution in [0.2, 0.25) is 0 Å². The second kappa shape index (κ2) is 12.4. The van der Waals surface area contributed by atoms with E-state index in [4.69, 9.17) is 23.2 Å². The molecule has 8 aromatic carbocycles. The zero-order chi connectivity index (χ0) is 41.7. The summed E-state index contributed by atoms with van der Waals surface area (Å²) in [5.41, 5.74) is 20.7. The fourth-order valence-corrected chi connectivity index (χ4v) is 11.7. The molecule has 0 saturated carbocycles. The van der Waals surface area contributed by atoms with E-state index >= 15 is 0 Å². The van der Waals surface area contributed by atoms with Crippen LogP contribution in [0.5, 0.6) is 0 Å². The highest BCUT2D eigenvalue weighted by atomic mass is 16.3. The zero-order valence-electron chi connectivity index (χ0n) is 34.4. The molecule has 0 saturated heterocycles. The van der Waals surface area contributed by atoms with Crippen LogP contribution in [0, 0.1) is 0 Å². The van der Waals surface area contributed by atoms with E-state index < -0.39 is 0 Å². The molecule has 12 aromatic rings. The normalized spacial score (nSPS) is 16.2. The van der Waals surface area contributed by atoms with Crippen LogP contribution in [-0.2, 0) is 5.41 Å². The quantitative estimate of drug-likeness (QED) is 0.178. The zero-order valence-corrected chi connectivity index (χ0v) is 34.4. The molecule has 64 heavy (non-hydrogen) atoms. The van der Waals surface area contributed by atoms with Crippen LogP contribution in [0.4, 0.5) is 0 Å². The summed E-state index contributed by atoms with van der Waals surface area (Å²) in [6, 6.07) is 60.3. The molecule has 4 heterocycles. The maximum atomic E-state index is 6.94. The maximum Gasteiger partial charge on any atom is 0.180 e. The van der Waals surface area contributed by atoms with E-state index in [1.54, 1.807) is 0 Å². The van der Waals surface area contributed by atoms with Gasteiger partial charge in [0.1, 0.15) is 39.1 Å². The number of furan rings is 3. The Hall–Kier alpha value is -8.28. The minimum Gasteiger partial charge on any atom is -0.456 e. The Bertz CT molecular complexity index is 4100. The van der Waals surface area contributed by atoms with Crippen molar-refractivity contribution in [2.45, 2.75) is 18.3 Å². The van der Waals surface area contributed by atoms with Gasteiger partial charge in [-0.05, 0) is 105 Å². The minimum absolute atomic E-state index is 0.384. The molecule has 0 N–H and O–H groups in total. The Kier molecular flexibility index (Phi) is 6.67. The summed E-state index contributed by atoms with van der Waals surface area (Å²) in [6.07, 6.45) is 6.89. The number of benzene rings is 8. The highest BCUT2D eigenvalue weighted by Gasteiger charge is 2.52. The smallest absolute Gasteiger partial charge is 0.180 e. The molecule has 0 fully saturated rings. The second-order valence-electron chi connectivity index (χ2n) is 17.3. The molecule has 15 rings (SSSR count). The van der Waals surface area contributed by atoms with Crippen molar-refractivity contribution in [3.63, 3.8) is 0 Å². The molecule has 0 amide bonds. The van der Waals surface area contributed by atoms with Gasteiger partial charge in [0.2, 0.25) is 0 Å². The number of hydrogen-bond acceptors (Lipinski definition) is 5. The Morgan fingerprint density at radius 1 is 0.453 bits per heavy atom. The molecule has 298 valence electrons. The topological polar surface area (TPSA) is 65.2 Å². The fourth-order valence-electron chi connectivity index (χ4n) is 11.7. The lowest BCUT2D eigenvalue weighted by molar-refractivity contribution is 0.667. The number of fused-ring (bicyclic) bond motifs is 18. The molecule has 0 aliphatic heterocycles. The van der Waals surface area contributed by atoms with E-state index in [-0.39, 0.29) is 5.41 Å². The number of allylic oxidation sites excluding steroid dienone is 4. The lowest BCUT2D eigenvalue weighted by atomic mass is 9.69. The average Bonchev–Trinajstić information content (AvgIpc) is 4.16. The Balaban J connectivity index is 1.01. The molecule has 3 aliphatic carbocycles. The first-order valence-electron chi connectivity index (χ1n) is 22.0. The SMILES string of the molecule is C1=CC2=C(CC1)c1ccccc1C21c2ccccc2-c2c(-c3ccc4oc5c(-c6cccc7oc8ccccc8c67)nc(-c6cccc7oc8ccccc8c67)nc5c4c3)cccc21. The van der Waals surface area contributed by atoms with Crippen molar-refractivity contribution in [2.75, 3.05) is 0 Å². The van der Waals surface area contributed by atoms with Crippen molar-refractivity contribution in [1.29, 1.82) is 0 Å². The predicted octanol–water partition coefficient (Wildman–Crippen LogP) is 15.6. The fraction of sp³-hybridized carbons (Fsp3) is 0.0508. The molecular weight excluding hydrogens is 785 g/mol. The number of hydrogen-bond donors (Lipinski definition) is 0. The molecule has 1 spiro atoms. The third kappa shape index (κ3) is 4.33. The lowest BCUT2D eigenvalue weighted by Gasteiger charge is -2.32. The molecule has 1 atom stereocenters.